The van der Waals surface area contributed by atoms with Gasteiger partial charge >= 0.3 is 0 Å². The molecule has 17 heavy (non-hydrogen) atoms. The van der Waals surface area contributed by atoms with Crippen molar-refractivity contribution in [3.8, 4) is 11.8 Å². The molecule has 2 heterocycles. The van der Waals surface area contributed by atoms with Crippen molar-refractivity contribution in [3.63, 3.8) is 0 Å². The van der Waals surface area contributed by atoms with Crippen LogP contribution in [-0.4, -0.2) is 41.4 Å². The van der Waals surface area contributed by atoms with Crippen molar-refractivity contribution in [2.75, 3.05) is 26.3 Å². The number of hydrogen-bond donors (Lipinski definition) is 2. The van der Waals surface area contributed by atoms with Crippen molar-refractivity contribution >= 4 is 11.3 Å². The van der Waals surface area contributed by atoms with E-state index in [2.05, 4.69) is 16.7 Å². The van der Waals surface area contributed by atoms with E-state index in [1.807, 2.05) is 11.4 Å². The van der Waals surface area contributed by atoms with Crippen molar-refractivity contribution in [3.05, 3.63) is 21.9 Å². The first kappa shape index (κ1) is 12.6. The number of likely N-dealkylation sites (tertiary alicyclic amines) is 1. The quantitative estimate of drug-likeness (QED) is 0.785. The number of aliphatic hydroxyl groups is 2. The highest BCUT2D eigenvalue weighted by atomic mass is 32.1. The summed E-state index contributed by atoms with van der Waals surface area (Å²) in [6.45, 7) is 3.13. The molecule has 2 rings (SSSR count). The zero-order valence-corrected chi connectivity index (χ0v) is 10.5. The fourth-order valence-corrected chi connectivity index (χ4v) is 2.99. The van der Waals surface area contributed by atoms with Gasteiger partial charge in [-0.1, -0.05) is 11.8 Å². The van der Waals surface area contributed by atoms with Gasteiger partial charge in [-0.3, -0.25) is 4.90 Å². The fraction of sp³-hybridized carbons (Fsp3) is 0.538. The summed E-state index contributed by atoms with van der Waals surface area (Å²) in [5.41, 5.74) is 1.02. The van der Waals surface area contributed by atoms with Crippen LogP contribution in [0, 0.1) is 17.8 Å². The molecule has 4 heteroatoms. The lowest BCUT2D eigenvalue weighted by Crippen LogP contribution is -2.20. The molecule has 0 aliphatic carbocycles. The normalized spacial score (nSPS) is 20.2. The molecule has 0 bridgehead atoms. The Labute approximate surface area is 106 Å². The van der Waals surface area contributed by atoms with E-state index >= 15 is 0 Å². The van der Waals surface area contributed by atoms with Crippen LogP contribution in [0.25, 0.3) is 0 Å². The smallest absolute Gasteiger partial charge is 0.104 e. The molecule has 0 radical (unpaired) electrons. The second-order valence-corrected chi connectivity index (χ2v) is 5.29. The molecule has 2 N–H and O–H groups in total. The van der Waals surface area contributed by atoms with E-state index in [9.17, 15) is 0 Å². The number of thiophene rings is 1. The first-order valence-corrected chi connectivity index (χ1v) is 6.70. The van der Waals surface area contributed by atoms with Gasteiger partial charge in [0.15, 0.2) is 0 Å². The first-order chi connectivity index (χ1) is 8.33. The van der Waals surface area contributed by atoms with Gasteiger partial charge in [-0.15, -0.1) is 11.3 Å². The Morgan fingerprint density at radius 1 is 1.47 bits per heavy atom. The van der Waals surface area contributed by atoms with E-state index in [1.165, 1.54) is 4.88 Å². The molecule has 1 aliphatic heterocycles. The average molecular weight is 251 g/mol. The first-order valence-electron chi connectivity index (χ1n) is 5.82. The molecular formula is C13H17NO2S. The number of aliphatic hydroxyl groups excluding tert-OH is 2. The summed E-state index contributed by atoms with van der Waals surface area (Å²) in [7, 11) is 0. The average Bonchev–Trinajstić information content (AvgIpc) is 2.96. The molecule has 1 atom stereocenters. The fourth-order valence-electron chi connectivity index (χ4n) is 2.12. The Balaban J connectivity index is 1.97. The minimum Gasteiger partial charge on any atom is -0.396 e. The van der Waals surface area contributed by atoms with Crippen LogP contribution in [0.2, 0.25) is 0 Å². The van der Waals surface area contributed by atoms with Crippen LogP contribution in [0.5, 0.6) is 0 Å². The maximum atomic E-state index is 9.11. The second kappa shape index (κ2) is 6.18. The minimum atomic E-state index is -0.0917. The lowest BCUT2D eigenvalue weighted by Gasteiger charge is -2.14. The van der Waals surface area contributed by atoms with Gasteiger partial charge in [0.05, 0.1) is 0 Å². The van der Waals surface area contributed by atoms with Crippen LogP contribution in [0.3, 0.4) is 0 Å². The standard InChI is InChI=1S/C13H17NO2S/c15-6-1-2-12-4-7-17-13(12)9-14-5-3-11(8-14)10-16/h4,7,11,15-16H,3,5-6,8-10H2. The SMILES string of the molecule is OCC#Cc1ccsc1CN1CCC(CO)C1. The molecule has 1 aliphatic rings. The zero-order valence-electron chi connectivity index (χ0n) is 9.72. The van der Waals surface area contributed by atoms with E-state index in [1.54, 1.807) is 11.3 Å². The Morgan fingerprint density at radius 2 is 2.35 bits per heavy atom. The summed E-state index contributed by atoms with van der Waals surface area (Å²) in [6.07, 6.45) is 1.08. The van der Waals surface area contributed by atoms with E-state index in [0.29, 0.717) is 5.92 Å². The van der Waals surface area contributed by atoms with Crippen molar-refractivity contribution in [2.24, 2.45) is 5.92 Å². The van der Waals surface area contributed by atoms with Gasteiger partial charge in [-0.25, -0.2) is 0 Å². The molecule has 1 aromatic rings. The maximum Gasteiger partial charge on any atom is 0.104 e. The molecular weight excluding hydrogens is 234 g/mol. The summed E-state index contributed by atoms with van der Waals surface area (Å²) in [4.78, 5) is 3.61. The molecule has 1 saturated heterocycles. The molecule has 1 unspecified atom stereocenters. The molecule has 1 fully saturated rings. The Kier molecular flexibility index (Phi) is 4.57. The third kappa shape index (κ3) is 3.30. The van der Waals surface area contributed by atoms with Crippen molar-refractivity contribution in [1.82, 2.24) is 4.90 Å². The van der Waals surface area contributed by atoms with Crippen LogP contribution in [-0.2, 0) is 6.54 Å². The third-order valence-corrected chi connectivity index (χ3v) is 3.95. The number of rotatable bonds is 3. The molecule has 0 saturated carbocycles. The van der Waals surface area contributed by atoms with Crippen molar-refractivity contribution < 1.29 is 10.2 Å². The Bertz CT molecular complexity index is 419. The van der Waals surface area contributed by atoms with Crippen molar-refractivity contribution in [2.45, 2.75) is 13.0 Å². The highest BCUT2D eigenvalue weighted by Crippen LogP contribution is 2.22. The monoisotopic (exact) mass is 251 g/mol. The van der Waals surface area contributed by atoms with E-state index in [-0.39, 0.29) is 13.2 Å². The Hall–Kier alpha value is -0.860. The summed E-state index contributed by atoms with van der Waals surface area (Å²) in [5.74, 6) is 6.10. The molecule has 0 aromatic carbocycles. The lowest BCUT2D eigenvalue weighted by atomic mass is 10.1. The molecule has 92 valence electrons. The summed E-state index contributed by atoms with van der Waals surface area (Å²) < 4.78 is 0. The van der Waals surface area contributed by atoms with Crippen molar-refractivity contribution in [1.29, 1.82) is 0 Å². The van der Waals surface area contributed by atoms with Gasteiger partial charge in [-0.2, -0.15) is 0 Å². The molecule has 0 spiro atoms. The topological polar surface area (TPSA) is 43.7 Å². The summed E-state index contributed by atoms with van der Waals surface area (Å²) in [5, 5.41) is 19.8. The minimum absolute atomic E-state index is 0.0917. The highest BCUT2D eigenvalue weighted by Gasteiger charge is 2.22. The van der Waals surface area contributed by atoms with Crippen LogP contribution < -0.4 is 0 Å². The number of hydrogen-bond acceptors (Lipinski definition) is 4. The van der Waals surface area contributed by atoms with Crippen LogP contribution >= 0.6 is 11.3 Å². The van der Waals surface area contributed by atoms with Gasteiger partial charge < -0.3 is 10.2 Å². The summed E-state index contributed by atoms with van der Waals surface area (Å²) >= 11 is 1.71. The van der Waals surface area contributed by atoms with Gasteiger partial charge in [0.1, 0.15) is 6.61 Å². The highest BCUT2D eigenvalue weighted by molar-refractivity contribution is 7.10. The molecule has 3 nitrogen and oxygen atoms in total. The third-order valence-electron chi connectivity index (χ3n) is 3.04. The van der Waals surface area contributed by atoms with Crippen LogP contribution in [0.1, 0.15) is 16.9 Å². The lowest BCUT2D eigenvalue weighted by molar-refractivity contribution is 0.220. The van der Waals surface area contributed by atoms with E-state index in [4.69, 9.17) is 10.2 Å². The largest absolute Gasteiger partial charge is 0.396 e. The molecule has 0 amide bonds. The van der Waals surface area contributed by atoms with Gasteiger partial charge in [0.2, 0.25) is 0 Å². The zero-order chi connectivity index (χ0) is 12.1. The van der Waals surface area contributed by atoms with Crippen LogP contribution in [0.4, 0.5) is 0 Å². The molecule has 1 aromatic heterocycles. The second-order valence-electron chi connectivity index (χ2n) is 4.29. The van der Waals surface area contributed by atoms with Gasteiger partial charge in [0, 0.05) is 30.1 Å². The summed E-state index contributed by atoms with van der Waals surface area (Å²) in [6, 6.07) is 2.00. The van der Waals surface area contributed by atoms with Crippen LogP contribution in [0.15, 0.2) is 11.4 Å². The van der Waals surface area contributed by atoms with E-state index < -0.39 is 0 Å². The van der Waals surface area contributed by atoms with Gasteiger partial charge in [0.25, 0.3) is 0 Å². The Morgan fingerprint density at radius 3 is 3.06 bits per heavy atom. The maximum absolute atomic E-state index is 9.11. The predicted molar refractivity (Wildman–Crippen MR) is 68.8 cm³/mol. The predicted octanol–water partition coefficient (Wildman–Crippen LogP) is 0.906. The van der Waals surface area contributed by atoms with Gasteiger partial charge in [-0.05, 0) is 30.3 Å². The number of nitrogens with zero attached hydrogens (tertiary/aromatic N) is 1. The van der Waals surface area contributed by atoms with E-state index in [0.717, 1.165) is 31.6 Å².